The highest BCUT2D eigenvalue weighted by Gasteiger charge is 2.38. The molecule has 2 nitrogen and oxygen atoms in total. The second kappa shape index (κ2) is 6.37. The average Bonchev–Trinajstić information content (AvgIpc) is 2.80. The molecule has 0 saturated carbocycles. The Morgan fingerprint density at radius 1 is 1.12 bits per heavy atom. The SMILES string of the molecule is CC(C)C1c2ccc(Cl)cc2C(=O)N1Cc1ccc(C(F)(F)F)cc1. The fraction of sp³-hybridized carbons (Fsp3) is 0.316. The van der Waals surface area contributed by atoms with E-state index in [1.165, 1.54) is 12.1 Å². The molecule has 132 valence electrons. The molecule has 1 amide bonds. The normalized spacial score (nSPS) is 17.3. The number of amides is 1. The summed E-state index contributed by atoms with van der Waals surface area (Å²) in [7, 11) is 0. The third-order valence-electron chi connectivity index (χ3n) is 4.43. The van der Waals surface area contributed by atoms with Crippen molar-refractivity contribution in [3.8, 4) is 0 Å². The summed E-state index contributed by atoms with van der Waals surface area (Å²) in [5.74, 6) is 0.0249. The van der Waals surface area contributed by atoms with Crippen LogP contribution in [-0.4, -0.2) is 10.8 Å². The number of carbonyl (C=O) groups excluding carboxylic acids is 1. The Morgan fingerprint density at radius 2 is 1.76 bits per heavy atom. The van der Waals surface area contributed by atoms with Gasteiger partial charge in [0.1, 0.15) is 0 Å². The van der Waals surface area contributed by atoms with Gasteiger partial charge in [0.05, 0.1) is 11.6 Å². The van der Waals surface area contributed by atoms with Crippen molar-refractivity contribution in [2.45, 2.75) is 32.6 Å². The summed E-state index contributed by atoms with van der Waals surface area (Å²) in [5.41, 5.74) is 1.44. The predicted octanol–water partition coefficient (Wildman–Crippen LogP) is 5.71. The van der Waals surface area contributed by atoms with Gasteiger partial charge in [0, 0.05) is 17.1 Å². The fourth-order valence-electron chi connectivity index (χ4n) is 3.31. The second-order valence-electron chi connectivity index (χ2n) is 6.55. The highest BCUT2D eigenvalue weighted by atomic mass is 35.5. The molecule has 1 aliphatic heterocycles. The first-order valence-corrected chi connectivity index (χ1v) is 8.33. The molecule has 0 aromatic heterocycles. The number of rotatable bonds is 3. The van der Waals surface area contributed by atoms with Crippen molar-refractivity contribution in [3.05, 3.63) is 69.7 Å². The van der Waals surface area contributed by atoms with Gasteiger partial charge in [-0.2, -0.15) is 13.2 Å². The van der Waals surface area contributed by atoms with Gasteiger partial charge in [0.25, 0.3) is 5.91 Å². The summed E-state index contributed by atoms with van der Waals surface area (Å²) in [6, 6.07) is 10.1. The largest absolute Gasteiger partial charge is 0.416 e. The minimum atomic E-state index is -4.37. The van der Waals surface area contributed by atoms with E-state index < -0.39 is 11.7 Å². The number of carbonyl (C=O) groups is 1. The molecule has 1 unspecified atom stereocenters. The van der Waals surface area contributed by atoms with E-state index in [1.807, 2.05) is 19.9 Å². The van der Waals surface area contributed by atoms with E-state index in [4.69, 9.17) is 11.6 Å². The smallest absolute Gasteiger partial charge is 0.327 e. The minimum absolute atomic E-state index is 0.123. The molecule has 0 saturated heterocycles. The second-order valence-corrected chi connectivity index (χ2v) is 6.98. The van der Waals surface area contributed by atoms with Crippen LogP contribution in [0.3, 0.4) is 0 Å². The Kier molecular flexibility index (Phi) is 4.54. The first-order valence-electron chi connectivity index (χ1n) is 7.95. The third-order valence-corrected chi connectivity index (χ3v) is 4.66. The molecule has 0 N–H and O–H groups in total. The highest BCUT2D eigenvalue weighted by molar-refractivity contribution is 6.31. The summed E-state index contributed by atoms with van der Waals surface area (Å²) in [6.07, 6.45) is -4.37. The van der Waals surface area contributed by atoms with Gasteiger partial charge in [-0.15, -0.1) is 0 Å². The number of fused-ring (bicyclic) bond motifs is 1. The van der Waals surface area contributed by atoms with E-state index in [2.05, 4.69) is 0 Å². The van der Waals surface area contributed by atoms with Crippen molar-refractivity contribution >= 4 is 17.5 Å². The summed E-state index contributed by atoms with van der Waals surface area (Å²) in [6.45, 7) is 4.29. The maximum absolute atomic E-state index is 12.8. The number of alkyl halides is 3. The zero-order chi connectivity index (χ0) is 18.4. The summed E-state index contributed by atoms with van der Waals surface area (Å²) >= 11 is 6.01. The van der Waals surface area contributed by atoms with Crippen molar-refractivity contribution < 1.29 is 18.0 Å². The molecule has 1 heterocycles. The lowest BCUT2D eigenvalue weighted by Gasteiger charge is -2.28. The van der Waals surface area contributed by atoms with Crippen LogP contribution < -0.4 is 0 Å². The summed E-state index contributed by atoms with van der Waals surface area (Å²) in [4.78, 5) is 14.5. The number of hydrogen-bond donors (Lipinski definition) is 0. The molecule has 2 aromatic rings. The van der Waals surface area contributed by atoms with Crippen LogP contribution in [-0.2, 0) is 12.7 Å². The van der Waals surface area contributed by atoms with Gasteiger partial charge in [0.2, 0.25) is 0 Å². The lowest BCUT2D eigenvalue weighted by molar-refractivity contribution is -0.137. The van der Waals surface area contributed by atoms with E-state index in [-0.39, 0.29) is 24.4 Å². The van der Waals surface area contributed by atoms with Crippen molar-refractivity contribution in [2.75, 3.05) is 0 Å². The van der Waals surface area contributed by atoms with Gasteiger partial charge < -0.3 is 4.90 Å². The molecular weight excluding hydrogens is 351 g/mol. The molecule has 3 rings (SSSR count). The van der Waals surface area contributed by atoms with Crippen LogP contribution in [0.25, 0.3) is 0 Å². The van der Waals surface area contributed by atoms with E-state index >= 15 is 0 Å². The quantitative estimate of drug-likeness (QED) is 0.680. The van der Waals surface area contributed by atoms with Crippen LogP contribution >= 0.6 is 11.6 Å². The molecule has 0 spiro atoms. The number of benzene rings is 2. The summed E-state index contributed by atoms with van der Waals surface area (Å²) < 4.78 is 38.1. The van der Waals surface area contributed by atoms with Crippen LogP contribution in [0.2, 0.25) is 5.02 Å². The molecule has 2 aromatic carbocycles. The van der Waals surface area contributed by atoms with Gasteiger partial charge in [-0.25, -0.2) is 0 Å². The van der Waals surface area contributed by atoms with E-state index in [1.54, 1.807) is 17.0 Å². The van der Waals surface area contributed by atoms with Crippen LogP contribution in [0, 0.1) is 5.92 Å². The summed E-state index contributed by atoms with van der Waals surface area (Å²) in [5, 5.41) is 0.492. The Labute approximate surface area is 149 Å². The maximum Gasteiger partial charge on any atom is 0.416 e. The topological polar surface area (TPSA) is 20.3 Å². The molecular formula is C19H17ClF3NO. The van der Waals surface area contributed by atoms with Gasteiger partial charge in [-0.3, -0.25) is 4.79 Å². The molecule has 0 aliphatic carbocycles. The van der Waals surface area contributed by atoms with Crippen molar-refractivity contribution in [3.63, 3.8) is 0 Å². The van der Waals surface area contributed by atoms with E-state index in [0.29, 0.717) is 16.1 Å². The molecule has 0 bridgehead atoms. The molecule has 1 aliphatic rings. The van der Waals surface area contributed by atoms with E-state index in [9.17, 15) is 18.0 Å². The lowest BCUT2D eigenvalue weighted by Crippen LogP contribution is -2.30. The molecule has 1 atom stereocenters. The number of nitrogens with zero attached hydrogens (tertiary/aromatic N) is 1. The van der Waals surface area contributed by atoms with Crippen LogP contribution in [0.1, 0.15) is 46.9 Å². The van der Waals surface area contributed by atoms with Crippen LogP contribution in [0.15, 0.2) is 42.5 Å². The zero-order valence-electron chi connectivity index (χ0n) is 13.8. The van der Waals surface area contributed by atoms with Gasteiger partial charge >= 0.3 is 6.18 Å². The minimum Gasteiger partial charge on any atom is -0.327 e. The Morgan fingerprint density at radius 3 is 2.32 bits per heavy atom. The molecule has 25 heavy (non-hydrogen) atoms. The molecule has 6 heteroatoms. The number of halogens is 4. The predicted molar refractivity (Wildman–Crippen MR) is 90.3 cm³/mol. The highest BCUT2D eigenvalue weighted by Crippen LogP contribution is 2.40. The van der Waals surface area contributed by atoms with Gasteiger partial charge in [-0.05, 0) is 41.3 Å². The van der Waals surface area contributed by atoms with Gasteiger partial charge in [-0.1, -0.05) is 43.6 Å². The first kappa shape index (κ1) is 17.8. The van der Waals surface area contributed by atoms with Gasteiger partial charge in [0.15, 0.2) is 0 Å². The number of hydrogen-bond acceptors (Lipinski definition) is 1. The Bertz CT molecular complexity index is 799. The fourth-order valence-corrected chi connectivity index (χ4v) is 3.48. The monoisotopic (exact) mass is 367 g/mol. The maximum atomic E-state index is 12.8. The van der Waals surface area contributed by atoms with E-state index in [0.717, 1.165) is 17.7 Å². The Balaban J connectivity index is 1.90. The van der Waals surface area contributed by atoms with Crippen molar-refractivity contribution in [2.24, 2.45) is 5.92 Å². The van der Waals surface area contributed by atoms with Crippen molar-refractivity contribution in [1.82, 2.24) is 4.90 Å². The third kappa shape index (κ3) is 3.38. The molecule has 0 fully saturated rings. The van der Waals surface area contributed by atoms with Crippen LogP contribution in [0.5, 0.6) is 0 Å². The lowest BCUT2D eigenvalue weighted by atomic mass is 9.95. The standard InChI is InChI=1S/C19H17ClF3NO/c1-11(2)17-15-8-7-14(20)9-16(15)18(25)24(17)10-12-3-5-13(6-4-12)19(21,22)23/h3-9,11,17H,10H2,1-2H3. The molecule has 0 radical (unpaired) electrons. The Hall–Kier alpha value is -2.01. The zero-order valence-corrected chi connectivity index (χ0v) is 14.5. The van der Waals surface area contributed by atoms with Crippen LogP contribution in [0.4, 0.5) is 13.2 Å². The van der Waals surface area contributed by atoms with Crippen molar-refractivity contribution in [1.29, 1.82) is 0 Å². The average molecular weight is 368 g/mol. The first-order chi connectivity index (χ1) is 11.7.